The van der Waals surface area contributed by atoms with E-state index in [9.17, 15) is 0 Å². The maximum Gasteiger partial charge on any atom is 0.133 e. The molecule has 0 aliphatic carbocycles. The van der Waals surface area contributed by atoms with Gasteiger partial charge in [0.15, 0.2) is 0 Å². The Morgan fingerprint density at radius 1 is 1.47 bits per heavy atom. The highest BCUT2D eigenvalue weighted by Gasteiger charge is 2.05. The van der Waals surface area contributed by atoms with Crippen molar-refractivity contribution in [2.24, 2.45) is 5.92 Å². The van der Waals surface area contributed by atoms with E-state index in [1.807, 2.05) is 25.1 Å². The van der Waals surface area contributed by atoms with E-state index in [2.05, 4.69) is 15.9 Å². The van der Waals surface area contributed by atoms with Crippen LogP contribution >= 0.6 is 15.9 Å². The van der Waals surface area contributed by atoms with E-state index in [4.69, 9.17) is 14.6 Å². The monoisotopic (exact) mass is 274 g/mol. The van der Waals surface area contributed by atoms with Gasteiger partial charge in [-0.05, 0) is 34.1 Å². The van der Waals surface area contributed by atoms with E-state index in [0.717, 1.165) is 16.0 Å². The van der Waals surface area contributed by atoms with Crippen molar-refractivity contribution in [2.75, 3.05) is 20.3 Å². The predicted molar refractivity (Wildman–Crippen MR) is 62.4 cm³/mol. The highest BCUT2D eigenvalue weighted by molar-refractivity contribution is 9.10. The largest absolute Gasteiger partial charge is 0.497 e. The van der Waals surface area contributed by atoms with Crippen molar-refractivity contribution in [3.05, 3.63) is 22.7 Å². The van der Waals surface area contributed by atoms with Crippen LogP contribution in [-0.2, 0) is 0 Å². The SMILES string of the molecule is COc1ccc(OCC(C)CO)c(Br)c1. The molecule has 84 valence electrons. The molecule has 0 aliphatic rings. The molecule has 1 unspecified atom stereocenters. The molecular formula is C11H15BrO3. The fraction of sp³-hybridized carbons (Fsp3) is 0.455. The molecule has 0 saturated carbocycles. The fourth-order valence-electron chi connectivity index (χ4n) is 1.01. The van der Waals surface area contributed by atoms with Gasteiger partial charge in [-0.2, -0.15) is 0 Å². The number of hydrogen-bond donors (Lipinski definition) is 1. The fourth-order valence-corrected chi connectivity index (χ4v) is 1.48. The molecule has 15 heavy (non-hydrogen) atoms. The van der Waals surface area contributed by atoms with Gasteiger partial charge >= 0.3 is 0 Å². The topological polar surface area (TPSA) is 38.7 Å². The van der Waals surface area contributed by atoms with Gasteiger partial charge in [0.25, 0.3) is 0 Å². The van der Waals surface area contributed by atoms with Crippen LogP contribution in [0.3, 0.4) is 0 Å². The average Bonchev–Trinajstić information content (AvgIpc) is 2.26. The molecular weight excluding hydrogens is 260 g/mol. The van der Waals surface area contributed by atoms with E-state index < -0.39 is 0 Å². The van der Waals surface area contributed by atoms with Crippen molar-refractivity contribution >= 4 is 15.9 Å². The highest BCUT2D eigenvalue weighted by Crippen LogP contribution is 2.29. The van der Waals surface area contributed by atoms with E-state index in [0.29, 0.717) is 6.61 Å². The second kappa shape index (κ2) is 5.98. The first kappa shape index (κ1) is 12.3. The molecule has 0 radical (unpaired) electrons. The molecule has 0 fully saturated rings. The zero-order valence-electron chi connectivity index (χ0n) is 8.87. The Morgan fingerprint density at radius 3 is 2.73 bits per heavy atom. The third-order valence-electron chi connectivity index (χ3n) is 1.97. The van der Waals surface area contributed by atoms with Crippen LogP contribution in [0.2, 0.25) is 0 Å². The Labute approximate surface area is 98.1 Å². The molecule has 0 aromatic heterocycles. The van der Waals surface area contributed by atoms with Crippen molar-refractivity contribution in [1.82, 2.24) is 0 Å². The summed E-state index contributed by atoms with van der Waals surface area (Å²) in [6.07, 6.45) is 0. The van der Waals surface area contributed by atoms with E-state index in [-0.39, 0.29) is 12.5 Å². The van der Waals surface area contributed by atoms with Crippen LogP contribution in [0.5, 0.6) is 11.5 Å². The van der Waals surface area contributed by atoms with Gasteiger partial charge in [-0.15, -0.1) is 0 Å². The van der Waals surface area contributed by atoms with Gasteiger partial charge in [-0.3, -0.25) is 0 Å². The maximum absolute atomic E-state index is 8.85. The quantitative estimate of drug-likeness (QED) is 0.897. The molecule has 1 atom stereocenters. The van der Waals surface area contributed by atoms with Crippen LogP contribution in [-0.4, -0.2) is 25.4 Å². The summed E-state index contributed by atoms with van der Waals surface area (Å²) in [7, 11) is 1.62. The highest BCUT2D eigenvalue weighted by atomic mass is 79.9. The second-order valence-corrected chi connectivity index (χ2v) is 4.25. The minimum absolute atomic E-state index is 0.133. The maximum atomic E-state index is 8.85. The Morgan fingerprint density at radius 2 is 2.20 bits per heavy atom. The summed E-state index contributed by atoms with van der Waals surface area (Å²) in [4.78, 5) is 0. The third-order valence-corrected chi connectivity index (χ3v) is 2.59. The molecule has 0 saturated heterocycles. The van der Waals surface area contributed by atoms with Gasteiger partial charge in [0.05, 0.1) is 18.2 Å². The van der Waals surface area contributed by atoms with E-state index >= 15 is 0 Å². The number of methoxy groups -OCH3 is 1. The summed E-state index contributed by atoms with van der Waals surface area (Å²) >= 11 is 3.39. The first-order valence-electron chi connectivity index (χ1n) is 4.74. The number of benzene rings is 1. The molecule has 0 bridgehead atoms. The number of ether oxygens (including phenoxy) is 2. The van der Waals surface area contributed by atoms with Crippen LogP contribution < -0.4 is 9.47 Å². The molecule has 3 nitrogen and oxygen atoms in total. The first-order valence-corrected chi connectivity index (χ1v) is 5.54. The van der Waals surface area contributed by atoms with Crippen LogP contribution in [0.25, 0.3) is 0 Å². The van der Waals surface area contributed by atoms with Crippen molar-refractivity contribution in [1.29, 1.82) is 0 Å². The minimum Gasteiger partial charge on any atom is -0.497 e. The smallest absolute Gasteiger partial charge is 0.133 e. The molecule has 1 N–H and O–H groups in total. The lowest BCUT2D eigenvalue weighted by Gasteiger charge is -2.12. The zero-order chi connectivity index (χ0) is 11.3. The van der Waals surface area contributed by atoms with Crippen molar-refractivity contribution in [3.8, 4) is 11.5 Å². The summed E-state index contributed by atoms with van der Waals surface area (Å²) in [5.41, 5.74) is 0. The lowest BCUT2D eigenvalue weighted by atomic mass is 10.2. The number of aliphatic hydroxyl groups excluding tert-OH is 1. The summed E-state index contributed by atoms with van der Waals surface area (Å²) in [6.45, 7) is 2.56. The molecule has 1 aromatic rings. The van der Waals surface area contributed by atoms with Gasteiger partial charge in [-0.1, -0.05) is 6.92 Å². The number of hydrogen-bond acceptors (Lipinski definition) is 3. The summed E-state index contributed by atoms with van der Waals surface area (Å²) in [5.74, 6) is 1.68. The zero-order valence-corrected chi connectivity index (χ0v) is 10.5. The lowest BCUT2D eigenvalue weighted by molar-refractivity contribution is 0.174. The van der Waals surface area contributed by atoms with E-state index in [1.54, 1.807) is 7.11 Å². The standard InChI is InChI=1S/C11H15BrO3/c1-8(6-13)7-15-11-4-3-9(14-2)5-10(11)12/h3-5,8,13H,6-7H2,1-2H3. The Balaban J connectivity index is 2.62. The number of aliphatic hydroxyl groups is 1. The average molecular weight is 275 g/mol. The van der Waals surface area contributed by atoms with Crippen molar-refractivity contribution < 1.29 is 14.6 Å². The Hall–Kier alpha value is -0.740. The normalized spacial score (nSPS) is 12.3. The first-order chi connectivity index (χ1) is 7.17. The van der Waals surface area contributed by atoms with Gasteiger partial charge < -0.3 is 14.6 Å². The third kappa shape index (κ3) is 3.72. The molecule has 1 rings (SSSR count). The van der Waals surface area contributed by atoms with Gasteiger partial charge in [0.2, 0.25) is 0 Å². The van der Waals surface area contributed by atoms with Crippen molar-refractivity contribution in [3.63, 3.8) is 0 Å². The van der Waals surface area contributed by atoms with Crippen LogP contribution in [0, 0.1) is 5.92 Å². The van der Waals surface area contributed by atoms with Gasteiger partial charge in [-0.25, -0.2) is 0 Å². The minimum atomic E-state index is 0.133. The van der Waals surface area contributed by atoms with Crippen LogP contribution in [0.4, 0.5) is 0 Å². The van der Waals surface area contributed by atoms with Crippen molar-refractivity contribution in [2.45, 2.75) is 6.92 Å². The summed E-state index contributed by atoms with van der Waals surface area (Å²) < 4.78 is 11.5. The number of rotatable bonds is 5. The second-order valence-electron chi connectivity index (χ2n) is 3.40. The van der Waals surface area contributed by atoms with E-state index in [1.165, 1.54) is 0 Å². The van der Waals surface area contributed by atoms with Crippen LogP contribution in [0.1, 0.15) is 6.92 Å². The van der Waals surface area contributed by atoms with Crippen LogP contribution in [0.15, 0.2) is 22.7 Å². The molecule has 1 aromatic carbocycles. The lowest BCUT2D eigenvalue weighted by Crippen LogP contribution is -2.12. The molecule has 0 amide bonds. The Bertz CT molecular complexity index is 315. The summed E-state index contributed by atoms with van der Waals surface area (Å²) in [5, 5.41) is 8.85. The molecule has 0 spiro atoms. The molecule has 0 heterocycles. The van der Waals surface area contributed by atoms with Gasteiger partial charge in [0, 0.05) is 12.5 Å². The summed E-state index contributed by atoms with van der Waals surface area (Å²) in [6, 6.07) is 5.52. The van der Waals surface area contributed by atoms with Gasteiger partial charge in [0.1, 0.15) is 11.5 Å². The number of halogens is 1. The Kier molecular flexibility index (Phi) is 4.91. The molecule has 4 heteroatoms. The predicted octanol–water partition coefficient (Wildman–Crippen LogP) is 2.46. The molecule has 0 aliphatic heterocycles.